The predicted molar refractivity (Wildman–Crippen MR) is 67.6 cm³/mol. The molecular formula is C12H13F3INO2S. The molecule has 1 aliphatic heterocycles. The number of carboxylic acids is 1. The second kappa shape index (κ2) is 6.79. The molecule has 0 amide bonds. The van der Waals surface area contributed by atoms with Gasteiger partial charge < -0.3 is 0 Å². The van der Waals surface area contributed by atoms with Crippen LogP contribution in [0.5, 0.6) is 0 Å². The molecule has 20 heavy (non-hydrogen) atoms. The fourth-order valence-electron chi connectivity index (χ4n) is 1.21. The van der Waals surface area contributed by atoms with E-state index in [2.05, 4.69) is 0 Å². The fourth-order valence-corrected chi connectivity index (χ4v) is 4.74. The van der Waals surface area contributed by atoms with Crippen LogP contribution in [0.1, 0.15) is 13.8 Å². The number of alkyl halides is 4. The van der Waals surface area contributed by atoms with Crippen molar-refractivity contribution >= 4 is 22.8 Å². The third-order valence-corrected chi connectivity index (χ3v) is 6.49. The molecule has 1 heterocycles. The van der Waals surface area contributed by atoms with Gasteiger partial charge in [0.25, 0.3) is 0 Å². The Balaban J connectivity index is 2.89. The second-order valence-corrected chi connectivity index (χ2v) is 7.95. The molecule has 1 aliphatic rings. The number of nitrogens with two attached hydrogens (primary N) is 1. The van der Waals surface area contributed by atoms with Crippen molar-refractivity contribution in [3.63, 3.8) is 0 Å². The van der Waals surface area contributed by atoms with Gasteiger partial charge in [-0.2, -0.15) is 0 Å². The van der Waals surface area contributed by atoms with E-state index >= 15 is 0 Å². The average molecular weight is 419 g/mol. The second-order valence-electron chi connectivity index (χ2n) is 3.89. The fraction of sp³-hybridized carbons (Fsp3) is 0.333. The number of halogens is 4. The summed E-state index contributed by atoms with van der Waals surface area (Å²) in [4.78, 5) is 11.3. The summed E-state index contributed by atoms with van der Waals surface area (Å²) < 4.78 is 38.8. The quantitative estimate of drug-likeness (QED) is 0.197. The first-order valence-corrected chi connectivity index (χ1v) is 8.84. The molecule has 0 saturated carbocycles. The summed E-state index contributed by atoms with van der Waals surface area (Å²) in [6, 6.07) is 0. The standard InChI is InChI=1S/C12H12F3INO2S/c1-6(11(18)19)7(2)20-10(17)9-5-8(3-4-16-9)12(13,14)15/h3,5,17H,4H2,1-2H3,(H,18,19)/q-1/p+1/b7-6+,17-10?. The third-order valence-electron chi connectivity index (χ3n) is 2.48. The monoisotopic (exact) mass is 419 g/mol. The van der Waals surface area contributed by atoms with Gasteiger partial charge in [0.2, 0.25) is 0 Å². The van der Waals surface area contributed by atoms with Crippen LogP contribution >= 0.6 is 11.8 Å². The predicted octanol–water partition coefficient (Wildman–Crippen LogP) is -1.27. The SMILES string of the molecule is C/C(SC(=[NH2+])C1=CC(C(F)(F)F)=CC[I-]1)=C(/C)C(=O)O. The summed E-state index contributed by atoms with van der Waals surface area (Å²) in [5.41, 5.74) is -0.544. The van der Waals surface area contributed by atoms with E-state index < -0.39 is 38.9 Å². The number of thioether (sulfide) groups is 1. The Morgan fingerprint density at radius 3 is 2.55 bits per heavy atom. The first kappa shape index (κ1) is 17.3. The van der Waals surface area contributed by atoms with Gasteiger partial charge in [0, 0.05) is 0 Å². The van der Waals surface area contributed by atoms with Crippen LogP contribution in [0.4, 0.5) is 13.2 Å². The van der Waals surface area contributed by atoms with Gasteiger partial charge in [0.05, 0.1) is 0 Å². The number of carbonyl (C=O) groups is 1. The molecule has 0 aliphatic carbocycles. The van der Waals surface area contributed by atoms with Gasteiger partial charge in [0.1, 0.15) is 0 Å². The molecule has 1 rings (SSSR count). The zero-order valence-electron chi connectivity index (χ0n) is 10.7. The molecule has 0 aromatic heterocycles. The Kier molecular flexibility index (Phi) is 5.87. The molecule has 3 nitrogen and oxygen atoms in total. The van der Waals surface area contributed by atoms with E-state index in [0.29, 0.717) is 12.9 Å². The van der Waals surface area contributed by atoms with Gasteiger partial charge in [-0.15, -0.1) is 0 Å². The molecule has 8 heteroatoms. The van der Waals surface area contributed by atoms with Crippen LogP contribution in [0.3, 0.4) is 0 Å². The molecule has 0 atom stereocenters. The molecule has 0 aromatic rings. The summed E-state index contributed by atoms with van der Waals surface area (Å²) in [5.74, 6) is -1.06. The van der Waals surface area contributed by atoms with E-state index in [-0.39, 0.29) is 10.6 Å². The Morgan fingerprint density at radius 1 is 1.45 bits per heavy atom. The molecule has 3 N–H and O–H groups in total. The van der Waals surface area contributed by atoms with Crippen molar-refractivity contribution in [3.8, 4) is 0 Å². The number of rotatable bonds is 3. The topological polar surface area (TPSA) is 62.9 Å². The van der Waals surface area contributed by atoms with E-state index in [4.69, 9.17) is 10.5 Å². The van der Waals surface area contributed by atoms with Gasteiger partial charge in [-0.25, -0.2) is 0 Å². The van der Waals surface area contributed by atoms with Crippen molar-refractivity contribution in [3.05, 3.63) is 31.8 Å². The zero-order chi connectivity index (χ0) is 15.5. The van der Waals surface area contributed by atoms with Gasteiger partial charge in [-0.1, -0.05) is 0 Å². The molecule has 0 radical (unpaired) electrons. The van der Waals surface area contributed by atoms with E-state index in [1.54, 1.807) is 6.92 Å². The third kappa shape index (κ3) is 4.65. The summed E-state index contributed by atoms with van der Waals surface area (Å²) >= 11 is 0.410. The van der Waals surface area contributed by atoms with E-state index in [1.165, 1.54) is 13.0 Å². The van der Waals surface area contributed by atoms with E-state index in [9.17, 15) is 18.0 Å². The number of hydrogen-bond acceptors (Lipinski definition) is 2. The summed E-state index contributed by atoms with van der Waals surface area (Å²) in [6.07, 6.45) is -2.12. The number of allylic oxidation sites excluding steroid dienone is 4. The van der Waals surface area contributed by atoms with Gasteiger partial charge in [-0.3, -0.25) is 0 Å². The number of carboxylic acid groups (broad SMARTS) is 1. The van der Waals surface area contributed by atoms with Gasteiger partial charge in [0.15, 0.2) is 0 Å². The first-order chi connectivity index (χ1) is 9.12. The van der Waals surface area contributed by atoms with Crippen LogP contribution in [0.15, 0.2) is 31.8 Å². The number of aliphatic carboxylic acids is 1. The van der Waals surface area contributed by atoms with Crippen molar-refractivity contribution in [1.82, 2.24) is 0 Å². The Hall–Kier alpha value is -0.770. The molecular weight excluding hydrogens is 406 g/mol. The minimum atomic E-state index is -4.37. The van der Waals surface area contributed by atoms with Crippen LogP contribution in [0, 0.1) is 0 Å². The van der Waals surface area contributed by atoms with Crippen LogP contribution < -0.4 is 26.6 Å². The maximum atomic E-state index is 12.6. The van der Waals surface area contributed by atoms with E-state index in [0.717, 1.165) is 17.8 Å². The molecule has 0 fully saturated rings. The molecule has 0 aromatic carbocycles. The van der Waals surface area contributed by atoms with Crippen molar-refractivity contribution in [2.24, 2.45) is 0 Å². The summed E-state index contributed by atoms with van der Waals surface area (Å²) in [7, 11) is 0. The van der Waals surface area contributed by atoms with Gasteiger partial charge in [-0.05, 0) is 0 Å². The molecule has 0 bridgehead atoms. The molecule has 0 spiro atoms. The maximum absolute atomic E-state index is 12.6. The van der Waals surface area contributed by atoms with Crippen LogP contribution in [0.2, 0.25) is 0 Å². The van der Waals surface area contributed by atoms with Crippen molar-refractivity contribution in [2.45, 2.75) is 20.0 Å². The van der Waals surface area contributed by atoms with Crippen LogP contribution in [-0.2, 0) is 4.79 Å². The Bertz CT molecular complexity index is 535. The van der Waals surface area contributed by atoms with Crippen molar-refractivity contribution < 1.29 is 49.7 Å². The molecule has 112 valence electrons. The summed E-state index contributed by atoms with van der Waals surface area (Å²) in [6.45, 7) is 3.02. The van der Waals surface area contributed by atoms with Gasteiger partial charge >= 0.3 is 129 Å². The number of hydrogen-bond donors (Lipinski definition) is 2. The normalized spacial score (nSPS) is 17.4. The van der Waals surface area contributed by atoms with Crippen LogP contribution in [0.25, 0.3) is 0 Å². The van der Waals surface area contributed by atoms with Crippen molar-refractivity contribution in [1.29, 1.82) is 0 Å². The Morgan fingerprint density at radius 2 is 2.05 bits per heavy atom. The average Bonchev–Trinajstić information content (AvgIpc) is 2.36. The zero-order valence-corrected chi connectivity index (χ0v) is 13.7. The summed E-state index contributed by atoms with van der Waals surface area (Å²) in [5, 5.41) is 14.9. The van der Waals surface area contributed by atoms with Crippen molar-refractivity contribution in [2.75, 3.05) is 4.43 Å². The first-order valence-electron chi connectivity index (χ1n) is 5.42. The molecule has 0 unspecified atom stereocenters. The van der Waals surface area contributed by atoms with E-state index in [1.807, 2.05) is 0 Å². The van der Waals surface area contributed by atoms with Crippen LogP contribution in [-0.4, -0.2) is 26.7 Å². The molecule has 0 saturated heterocycles. The minimum absolute atomic E-state index is 0.138. The Labute approximate surface area is 128 Å².